The summed E-state index contributed by atoms with van der Waals surface area (Å²) in [5, 5.41) is 3.55. The highest BCUT2D eigenvalue weighted by molar-refractivity contribution is 9.10. The summed E-state index contributed by atoms with van der Waals surface area (Å²) in [5.41, 5.74) is 2.29. The highest BCUT2D eigenvalue weighted by Crippen LogP contribution is 2.23. The minimum Gasteiger partial charge on any atom is -0.369 e. The van der Waals surface area contributed by atoms with Gasteiger partial charge in [0.2, 0.25) is 0 Å². The predicted molar refractivity (Wildman–Crippen MR) is 88.2 cm³/mol. The molecule has 0 saturated carbocycles. The van der Waals surface area contributed by atoms with Gasteiger partial charge in [0.25, 0.3) is 0 Å². The van der Waals surface area contributed by atoms with Gasteiger partial charge < -0.3 is 10.2 Å². The number of nitrogens with one attached hydrogen (secondary N) is 1. The Hall–Kier alpha value is -1.39. The van der Waals surface area contributed by atoms with Crippen molar-refractivity contribution in [2.45, 2.75) is 12.5 Å². The van der Waals surface area contributed by atoms with Crippen molar-refractivity contribution in [3.8, 4) is 0 Å². The van der Waals surface area contributed by atoms with Gasteiger partial charge in [-0.15, -0.1) is 0 Å². The number of hydrogen-bond donors (Lipinski definition) is 1. The third-order valence-electron chi connectivity index (χ3n) is 3.85. The summed E-state index contributed by atoms with van der Waals surface area (Å²) in [5.74, 6) is -0.203. The van der Waals surface area contributed by atoms with Gasteiger partial charge in [0.05, 0.1) is 4.47 Å². The zero-order valence-electron chi connectivity index (χ0n) is 11.7. The van der Waals surface area contributed by atoms with Crippen molar-refractivity contribution >= 4 is 21.6 Å². The van der Waals surface area contributed by atoms with Crippen LogP contribution in [0.2, 0.25) is 0 Å². The third kappa shape index (κ3) is 3.63. The molecule has 0 bridgehead atoms. The van der Waals surface area contributed by atoms with Crippen LogP contribution in [0, 0.1) is 5.82 Å². The fourth-order valence-electron chi connectivity index (χ4n) is 2.78. The second kappa shape index (κ2) is 6.58. The van der Waals surface area contributed by atoms with E-state index < -0.39 is 0 Å². The van der Waals surface area contributed by atoms with Crippen LogP contribution >= 0.6 is 15.9 Å². The fraction of sp³-hybridized carbons (Fsp3) is 0.294. The molecule has 1 unspecified atom stereocenters. The first-order valence-electron chi connectivity index (χ1n) is 7.20. The third-order valence-corrected chi connectivity index (χ3v) is 4.49. The fourth-order valence-corrected chi connectivity index (χ4v) is 3.02. The number of benzene rings is 2. The maximum absolute atomic E-state index is 13.7. The largest absolute Gasteiger partial charge is 0.369 e. The summed E-state index contributed by atoms with van der Waals surface area (Å²) >= 11 is 3.20. The molecule has 21 heavy (non-hydrogen) atoms. The summed E-state index contributed by atoms with van der Waals surface area (Å²) in [4.78, 5) is 2.25. The second-order valence-corrected chi connectivity index (χ2v) is 6.24. The zero-order chi connectivity index (χ0) is 14.7. The summed E-state index contributed by atoms with van der Waals surface area (Å²) in [6.45, 7) is 2.73. The summed E-state index contributed by atoms with van der Waals surface area (Å²) in [6, 6.07) is 16.2. The normalized spacial score (nSPS) is 18.8. The van der Waals surface area contributed by atoms with Gasteiger partial charge in [-0.05, 0) is 46.1 Å². The van der Waals surface area contributed by atoms with Crippen molar-refractivity contribution in [2.24, 2.45) is 0 Å². The molecule has 1 heterocycles. The summed E-state index contributed by atoms with van der Waals surface area (Å²) < 4.78 is 14.2. The molecule has 2 aromatic carbocycles. The Morgan fingerprint density at radius 1 is 1.19 bits per heavy atom. The SMILES string of the molecule is Fc1cc(N2CCNC(Cc3ccccc3)C2)ccc1Br. The molecular weight excluding hydrogens is 331 g/mol. The molecule has 0 spiro atoms. The Labute approximate surface area is 133 Å². The van der Waals surface area contributed by atoms with Crippen molar-refractivity contribution in [1.82, 2.24) is 5.32 Å². The van der Waals surface area contributed by atoms with Gasteiger partial charge >= 0.3 is 0 Å². The van der Waals surface area contributed by atoms with Crippen molar-refractivity contribution in [3.63, 3.8) is 0 Å². The number of piperazine rings is 1. The van der Waals surface area contributed by atoms with Crippen LogP contribution in [0.25, 0.3) is 0 Å². The van der Waals surface area contributed by atoms with Gasteiger partial charge in [0, 0.05) is 31.4 Å². The van der Waals surface area contributed by atoms with Crippen molar-refractivity contribution in [3.05, 3.63) is 64.4 Å². The maximum atomic E-state index is 13.7. The van der Waals surface area contributed by atoms with Crippen LogP contribution in [0.5, 0.6) is 0 Å². The number of rotatable bonds is 3. The van der Waals surface area contributed by atoms with Gasteiger partial charge in [-0.25, -0.2) is 4.39 Å². The molecule has 1 aliphatic rings. The summed E-state index contributed by atoms with van der Waals surface area (Å²) in [6.07, 6.45) is 0.996. The molecule has 2 nitrogen and oxygen atoms in total. The quantitative estimate of drug-likeness (QED) is 0.911. The highest BCUT2D eigenvalue weighted by atomic mass is 79.9. The molecule has 1 saturated heterocycles. The van der Waals surface area contributed by atoms with E-state index in [-0.39, 0.29) is 5.82 Å². The first kappa shape index (κ1) is 14.5. The van der Waals surface area contributed by atoms with Gasteiger partial charge in [0.1, 0.15) is 5.82 Å². The lowest BCUT2D eigenvalue weighted by Gasteiger charge is -2.35. The van der Waals surface area contributed by atoms with E-state index in [0.29, 0.717) is 10.5 Å². The van der Waals surface area contributed by atoms with E-state index >= 15 is 0 Å². The molecule has 4 heteroatoms. The van der Waals surface area contributed by atoms with Crippen LogP contribution in [0.3, 0.4) is 0 Å². The standard InChI is InChI=1S/C17H18BrFN2/c18-16-7-6-15(11-17(16)19)21-9-8-20-14(12-21)10-13-4-2-1-3-5-13/h1-7,11,14,20H,8-10,12H2. The molecule has 0 amide bonds. The van der Waals surface area contributed by atoms with E-state index in [1.807, 2.05) is 12.1 Å². The Balaban J connectivity index is 1.69. The van der Waals surface area contributed by atoms with Crippen molar-refractivity contribution in [1.29, 1.82) is 0 Å². The van der Waals surface area contributed by atoms with E-state index in [1.54, 1.807) is 12.1 Å². The zero-order valence-corrected chi connectivity index (χ0v) is 13.3. The Morgan fingerprint density at radius 3 is 2.76 bits per heavy atom. The minimum absolute atomic E-state index is 0.203. The highest BCUT2D eigenvalue weighted by Gasteiger charge is 2.20. The van der Waals surface area contributed by atoms with Crippen LogP contribution < -0.4 is 10.2 Å². The van der Waals surface area contributed by atoms with Crippen molar-refractivity contribution < 1.29 is 4.39 Å². The molecule has 0 aliphatic carbocycles. The first-order chi connectivity index (χ1) is 10.2. The Kier molecular flexibility index (Phi) is 4.56. The second-order valence-electron chi connectivity index (χ2n) is 5.39. The molecule has 1 atom stereocenters. The lowest BCUT2D eigenvalue weighted by Crippen LogP contribution is -2.51. The minimum atomic E-state index is -0.203. The van der Waals surface area contributed by atoms with Crippen LogP contribution in [-0.2, 0) is 6.42 Å². The molecule has 110 valence electrons. The molecule has 0 aromatic heterocycles. The van der Waals surface area contributed by atoms with Gasteiger partial charge in [-0.2, -0.15) is 0 Å². The Morgan fingerprint density at radius 2 is 2.00 bits per heavy atom. The molecule has 2 aromatic rings. The lowest BCUT2D eigenvalue weighted by molar-refractivity contribution is 0.454. The van der Waals surface area contributed by atoms with E-state index in [1.165, 1.54) is 5.56 Å². The van der Waals surface area contributed by atoms with Crippen LogP contribution in [-0.4, -0.2) is 25.7 Å². The van der Waals surface area contributed by atoms with Gasteiger partial charge in [-0.3, -0.25) is 0 Å². The maximum Gasteiger partial charge on any atom is 0.139 e. The number of hydrogen-bond acceptors (Lipinski definition) is 2. The molecule has 0 radical (unpaired) electrons. The van der Waals surface area contributed by atoms with E-state index in [0.717, 1.165) is 31.7 Å². The Bertz CT molecular complexity index is 603. The molecule has 1 N–H and O–H groups in total. The van der Waals surface area contributed by atoms with Gasteiger partial charge in [0.15, 0.2) is 0 Å². The van der Waals surface area contributed by atoms with Gasteiger partial charge in [-0.1, -0.05) is 30.3 Å². The first-order valence-corrected chi connectivity index (χ1v) is 7.99. The average molecular weight is 349 g/mol. The van der Waals surface area contributed by atoms with E-state index in [4.69, 9.17) is 0 Å². The van der Waals surface area contributed by atoms with Crippen LogP contribution in [0.1, 0.15) is 5.56 Å². The molecule has 1 aliphatic heterocycles. The lowest BCUT2D eigenvalue weighted by atomic mass is 10.0. The smallest absolute Gasteiger partial charge is 0.139 e. The molecule has 3 rings (SSSR count). The predicted octanol–water partition coefficient (Wildman–Crippen LogP) is 3.61. The number of halogens is 2. The topological polar surface area (TPSA) is 15.3 Å². The summed E-state index contributed by atoms with van der Waals surface area (Å²) in [7, 11) is 0. The van der Waals surface area contributed by atoms with Crippen molar-refractivity contribution in [2.75, 3.05) is 24.5 Å². The van der Waals surface area contributed by atoms with Crippen LogP contribution in [0.4, 0.5) is 10.1 Å². The number of nitrogens with zero attached hydrogens (tertiary/aromatic N) is 1. The monoisotopic (exact) mass is 348 g/mol. The average Bonchev–Trinajstić information content (AvgIpc) is 2.51. The molecule has 1 fully saturated rings. The van der Waals surface area contributed by atoms with Crippen LogP contribution in [0.15, 0.2) is 53.0 Å². The van der Waals surface area contributed by atoms with E-state index in [9.17, 15) is 4.39 Å². The number of anilines is 1. The molecular formula is C17H18BrFN2. The van der Waals surface area contributed by atoms with E-state index in [2.05, 4.69) is 50.4 Å².